The molecule has 0 radical (unpaired) electrons. The number of nitrogens with zero attached hydrogens (tertiary/aromatic N) is 1. The first kappa shape index (κ1) is 13.5. The number of benzene rings is 1. The van der Waals surface area contributed by atoms with Gasteiger partial charge in [0.15, 0.2) is 0 Å². The summed E-state index contributed by atoms with van der Waals surface area (Å²) in [6.07, 6.45) is 1.55. The third kappa shape index (κ3) is 3.12. The molecule has 2 rings (SSSR count). The Morgan fingerprint density at radius 3 is 2.68 bits per heavy atom. The summed E-state index contributed by atoms with van der Waals surface area (Å²) in [5.41, 5.74) is 2.31. The van der Waals surface area contributed by atoms with Gasteiger partial charge in [0.2, 0.25) is 0 Å². The number of amides is 1. The minimum Gasteiger partial charge on any atom is -0.373 e. The number of aromatic nitrogens is 1. The molecular weight excluding hydrogens is 306 g/mol. The first-order valence-corrected chi connectivity index (χ1v) is 6.61. The molecule has 0 bridgehead atoms. The average molecular weight is 320 g/mol. The highest BCUT2D eigenvalue weighted by Crippen LogP contribution is 2.23. The van der Waals surface area contributed by atoms with Gasteiger partial charge in [0.05, 0.1) is 5.56 Å². The number of carbonyl (C=O) groups is 1. The summed E-state index contributed by atoms with van der Waals surface area (Å²) in [7, 11) is 1.78. The number of nitrogens with one attached hydrogen (secondary N) is 2. The van der Waals surface area contributed by atoms with Crippen molar-refractivity contribution >= 4 is 33.3 Å². The molecule has 1 heterocycles. The summed E-state index contributed by atoms with van der Waals surface area (Å²) < 4.78 is 0.967. The van der Waals surface area contributed by atoms with Crippen LogP contribution in [-0.4, -0.2) is 17.9 Å². The number of pyridine rings is 1. The van der Waals surface area contributed by atoms with Crippen molar-refractivity contribution in [1.82, 2.24) is 4.98 Å². The molecule has 1 aromatic heterocycles. The van der Waals surface area contributed by atoms with Gasteiger partial charge in [-0.05, 0) is 36.8 Å². The van der Waals surface area contributed by atoms with Crippen LogP contribution >= 0.6 is 15.9 Å². The van der Waals surface area contributed by atoms with Crippen LogP contribution in [0.15, 0.2) is 41.0 Å². The molecule has 98 valence electrons. The summed E-state index contributed by atoms with van der Waals surface area (Å²) in [6, 6.07) is 9.20. The van der Waals surface area contributed by atoms with Crippen molar-refractivity contribution in [2.75, 3.05) is 17.7 Å². The molecule has 0 spiro atoms. The van der Waals surface area contributed by atoms with E-state index in [1.165, 1.54) is 0 Å². The maximum atomic E-state index is 12.1. The predicted molar refractivity (Wildman–Crippen MR) is 80.6 cm³/mol. The van der Waals surface area contributed by atoms with Gasteiger partial charge in [-0.25, -0.2) is 4.98 Å². The van der Waals surface area contributed by atoms with E-state index >= 15 is 0 Å². The average Bonchev–Trinajstić information content (AvgIpc) is 2.44. The molecule has 4 nitrogen and oxygen atoms in total. The van der Waals surface area contributed by atoms with E-state index in [2.05, 4.69) is 31.5 Å². The zero-order valence-electron chi connectivity index (χ0n) is 10.7. The van der Waals surface area contributed by atoms with Gasteiger partial charge in [-0.2, -0.15) is 0 Å². The predicted octanol–water partition coefficient (Wildman–Crippen LogP) is 3.45. The summed E-state index contributed by atoms with van der Waals surface area (Å²) in [5, 5.41) is 5.79. The Hall–Kier alpha value is -1.88. The highest BCUT2D eigenvalue weighted by Gasteiger charge is 2.09. The van der Waals surface area contributed by atoms with Crippen molar-refractivity contribution < 1.29 is 4.79 Å². The Labute approximate surface area is 120 Å². The van der Waals surface area contributed by atoms with E-state index in [-0.39, 0.29) is 5.91 Å². The van der Waals surface area contributed by atoms with Crippen LogP contribution in [0.25, 0.3) is 0 Å². The zero-order chi connectivity index (χ0) is 13.8. The Morgan fingerprint density at radius 1 is 1.26 bits per heavy atom. The molecule has 0 aliphatic rings. The smallest absolute Gasteiger partial charge is 0.257 e. The molecule has 0 aliphatic carbocycles. The van der Waals surface area contributed by atoms with Crippen LogP contribution in [0.5, 0.6) is 0 Å². The highest BCUT2D eigenvalue weighted by atomic mass is 79.9. The normalized spacial score (nSPS) is 10.1. The van der Waals surface area contributed by atoms with Crippen LogP contribution in [0.3, 0.4) is 0 Å². The number of rotatable bonds is 3. The molecular formula is C14H14BrN3O. The Bertz CT molecular complexity index is 596. The third-order valence-electron chi connectivity index (χ3n) is 2.80. The fourth-order valence-corrected chi connectivity index (χ4v) is 1.98. The summed E-state index contributed by atoms with van der Waals surface area (Å²) in [5.74, 6) is 0.562. The van der Waals surface area contributed by atoms with Crippen LogP contribution in [0, 0.1) is 6.92 Å². The second kappa shape index (κ2) is 5.84. The molecule has 5 heteroatoms. The molecule has 0 fully saturated rings. The molecule has 2 N–H and O–H groups in total. The van der Waals surface area contributed by atoms with Crippen molar-refractivity contribution in [2.45, 2.75) is 6.92 Å². The highest BCUT2D eigenvalue weighted by molar-refractivity contribution is 9.10. The second-order valence-electron chi connectivity index (χ2n) is 4.05. The monoisotopic (exact) mass is 319 g/mol. The SMILES string of the molecule is CNc1ccc(C(=O)Nc2cccc(Br)c2C)cn1. The Morgan fingerprint density at radius 2 is 2.05 bits per heavy atom. The fraction of sp³-hybridized carbons (Fsp3) is 0.143. The van der Waals surface area contributed by atoms with Crippen molar-refractivity contribution in [3.05, 3.63) is 52.1 Å². The molecule has 19 heavy (non-hydrogen) atoms. The molecule has 0 saturated heterocycles. The van der Waals surface area contributed by atoms with Gasteiger partial charge in [-0.1, -0.05) is 22.0 Å². The standard InChI is InChI=1S/C14H14BrN3O/c1-9-11(15)4-3-5-12(9)18-14(19)10-6-7-13(16-2)17-8-10/h3-8H,1-2H3,(H,16,17)(H,18,19). The van der Waals surface area contributed by atoms with Crippen LogP contribution in [0.2, 0.25) is 0 Å². The van der Waals surface area contributed by atoms with Crippen LogP contribution in [0.4, 0.5) is 11.5 Å². The van der Waals surface area contributed by atoms with Gasteiger partial charge in [0.1, 0.15) is 5.82 Å². The molecule has 0 unspecified atom stereocenters. The number of carbonyl (C=O) groups excluding carboxylic acids is 1. The van der Waals surface area contributed by atoms with E-state index in [9.17, 15) is 4.79 Å². The van der Waals surface area contributed by atoms with Crippen LogP contribution < -0.4 is 10.6 Å². The minimum absolute atomic E-state index is 0.170. The van der Waals surface area contributed by atoms with E-state index < -0.39 is 0 Å². The van der Waals surface area contributed by atoms with Gasteiger partial charge < -0.3 is 10.6 Å². The van der Waals surface area contributed by atoms with E-state index in [4.69, 9.17) is 0 Å². The van der Waals surface area contributed by atoms with Crippen molar-refractivity contribution in [1.29, 1.82) is 0 Å². The fourth-order valence-electron chi connectivity index (χ4n) is 1.61. The lowest BCUT2D eigenvalue weighted by Crippen LogP contribution is -2.13. The maximum Gasteiger partial charge on any atom is 0.257 e. The Balaban J connectivity index is 2.18. The lowest BCUT2D eigenvalue weighted by atomic mass is 10.2. The molecule has 0 atom stereocenters. The van der Waals surface area contributed by atoms with Gasteiger partial charge in [-0.3, -0.25) is 4.79 Å². The lowest BCUT2D eigenvalue weighted by Gasteiger charge is -2.09. The lowest BCUT2D eigenvalue weighted by molar-refractivity contribution is 0.102. The minimum atomic E-state index is -0.170. The van der Waals surface area contributed by atoms with Crippen molar-refractivity contribution in [3.8, 4) is 0 Å². The molecule has 1 aromatic carbocycles. The summed E-state index contributed by atoms with van der Waals surface area (Å²) in [6.45, 7) is 1.95. The number of hydrogen-bond donors (Lipinski definition) is 2. The number of halogens is 1. The molecule has 0 aliphatic heterocycles. The molecule has 2 aromatic rings. The topological polar surface area (TPSA) is 54.0 Å². The number of hydrogen-bond acceptors (Lipinski definition) is 3. The quantitative estimate of drug-likeness (QED) is 0.911. The van der Waals surface area contributed by atoms with Crippen molar-refractivity contribution in [2.24, 2.45) is 0 Å². The largest absolute Gasteiger partial charge is 0.373 e. The van der Waals surface area contributed by atoms with E-state index in [0.717, 1.165) is 21.5 Å². The van der Waals surface area contributed by atoms with E-state index in [1.807, 2.05) is 25.1 Å². The molecule has 0 saturated carbocycles. The van der Waals surface area contributed by atoms with E-state index in [1.54, 1.807) is 25.4 Å². The number of anilines is 2. The van der Waals surface area contributed by atoms with Crippen molar-refractivity contribution in [3.63, 3.8) is 0 Å². The molecule has 1 amide bonds. The third-order valence-corrected chi connectivity index (χ3v) is 3.66. The van der Waals surface area contributed by atoms with Gasteiger partial charge in [0, 0.05) is 23.4 Å². The second-order valence-corrected chi connectivity index (χ2v) is 4.90. The Kier molecular flexibility index (Phi) is 4.16. The first-order chi connectivity index (χ1) is 9.11. The van der Waals surface area contributed by atoms with E-state index in [0.29, 0.717) is 5.56 Å². The summed E-state index contributed by atoms with van der Waals surface area (Å²) in [4.78, 5) is 16.2. The van der Waals surface area contributed by atoms with Crippen LogP contribution in [-0.2, 0) is 0 Å². The zero-order valence-corrected chi connectivity index (χ0v) is 12.3. The first-order valence-electron chi connectivity index (χ1n) is 5.82. The van der Waals surface area contributed by atoms with Gasteiger partial charge in [-0.15, -0.1) is 0 Å². The summed E-state index contributed by atoms with van der Waals surface area (Å²) >= 11 is 3.44. The van der Waals surface area contributed by atoms with Gasteiger partial charge in [0.25, 0.3) is 5.91 Å². The van der Waals surface area contributed by atoms with Gasteiger partial charge >= 0.3 is 0 Å². The maximum absolute atomic E-state index is 12.1. The van der Waals surface area contributed by atoms with Crippen LogP contribution in [0.1, 0.15) is 15.9 Å².